The van der Waals surface area contributed by atoms with Gasteiger partial charge in [-0.3, -0.25) is 4.79 Å². The number of esters is 1. The predicted octanol–water partition coefficient (Wildman–Crippen LogP) is 2.24. The van der Waals surface area contributed by atoms with Crippen LogP contribution in [0.15, 0.2) is 0 Å². The molecule has 0 aromatic carbocycles. The van der Waals surface area contributed by atoms with Crippen LogP contribution in [0.5, 0.6) is 0 Å². The number of aliphatic carboxylic acids is 1. The summed E-state index contributed by atoms with van der Waals surface area (Å²) in [6.45, 7) is 16.6. The summed E-state index contributed by atoms with van der Waals surface area (Å²) in [5.74, 6) is -2.93. The molecule has 4 atom stereocenters. The molecule has 0 aliphatic heterocycles. The first-order chi connectivity index (χ1) is 13.8. The van der Waals surface area contributed by atoms with Gasteiger partial charge in [-0.15, -0.1) is 0 Å². The SMILES string of the molecule is CC(=O)N[C@H](C(=O)O[C@H](C)[C@H](NC(=O)OC(C)(C)C)C(=O)O)[C@H](OC(C)(C)C)C(C)C. The van der Waals surface area contributed by atoms with E-state index in [0.717, 1.165) is 0 Å². The van der Waals surface area contributed by atoms with Crippen molar-refractivity contribution >= 4 is 23.9 Å². The first kappa shape index (κ1) is 28.6. The zero-order valence-electron chi connectivity index (χ0n) is 20.2. The molecule has 0 heterocycles. The molecule has 0 rings (SSSR count). The molecular weight excluding hydrogens is 408 g/mol. The molecule has 0 radical (unpaired) electrons. The summed E-state index contributed by atoms with van der Waals surface area (Å²) in [4.78, 5) is 48.3. The van der Waals surface area contributed by atoms with Crippen LogP contribution in [0.2, 0.25) is 0 Å². The Balaban J connectivity index is 5.58. The van der Waals surface area contributed by atoms with Crippen LogP contribution in [0.1, 0.15) is 69.2 Å². The van der Waals surface area contributed by atoms with Crippen molar-refractivity contribution < 1.29 is 38.5 Å². The molecule has 0 fully saturated rings. The predicted molar refractivity (Wildman–Crippen MR) is 113 cm³/mol. The number of hydrogen-bond donors (Lipinski definition) is 3. The number of rotatable bonds is 9. The first-order valence-corrected chi connectivity index (χ1v) is 10.2. The molecule has 0 aromatic rings. The largest absolute Gasteiger partial charge is 0.480 e. The highest BCUT2D eigenvalue weighted by molar-refractivity contribution is 5.85. The Morgan fingerprint density at radius 3 is 1.71 bits per heavy atom. The fourth-order valence-electron chi connectivity index (χ4n) is 2.63. The minimum atomic E-state index is -1.56. The van der Waals surface area contributed by atoms with Gasteiger partial charge in [0, 0.05) is 6.92 Å². The van der Waals surface area contributed by atoms with Crippen molar-refractivity contribution in [2.45, 2.75) is 105 Å². The second kappa shape index (κ2) is 11.3. The zero-order chi connectivity index (χ0) is 24.7. The van der Waals surface area contributed by atoms with Crippen molar-refractivity contribution in [2.75, 3.05) is 0 Å². The third kappa shape index (κ3) is 11.6. The van der Waals surface area contributed by atoms with Crippen LogP contribution < -0.4 is 10.6 Å². The van der Waals surface area contributed by atoms with E-state index < -0.39 is 59.4 Å². The maximum Gasteiger partial charge on any atom is 0.408 e. The molecule has 31 heavy (non-hydrogen) atoms. The van der Waals surface area contributed by atoms with E-state index in [-0.39, 0.29) is 5.92 Å². The fourth-order valence-corrected chi connectivity index (χ4v) is 2.63. The number of ether oxygens (including phenoxy) is 3. The van der Waals surface area contributed by atoms with E-state index in [9.17, 15) is 24.3 Å². The summed E-state index contributed by atoms with van der Waals surface area (Å²) >= 11 is 0. The maximum absolute atomic E-state index is 12.9. The summed E-state index contributed by atoms with van der Waals surface area (Å²) in [7, 11) is 0. The van der Waals surface area contributed by atoms with Crippen molar-refractivity contribution in [3.63, 3.8) is 0 Å². The van der Waals surface area contributed by atoms with E-state index in [1.807, 2.05) is 34.6 Å². The van der Waals surface area contributed by atoms with Crippen molar-refractivity contribution in [3.8, 4) is 0 Å². The molecule has 0 saturated carbocycles. The van der Waals surface area contributed by atoms with Crippen LogP contribution in [0.4, 0.5) is 4.79 Å². The standard InChI is InChI=1S/C21H38N2O8/c1-11(2)16(30-20(5,6)7)15(22-13(4)24)18(27)29-12(3)14(17(25)26)23-19(28)31-21(8,9)10/h11-12,14-16H,1-10H3,(H,22,24)(H,23,28)(H,25,26)/t12-,14+,15+,16-/m1/s1. The van der Waals surface area contributed by atoms with Gasteiger partial charge < -0.3 is 30.0 Å². The summed E-state index contributed by atoms with van der Waals surface area (Å²) in [6, 6.07) is -2.73. The summed E-state index contributed by atoms with van der Waals surface area (Å²) < 4.78 is 16.4. The minimum Gasteiger partial charge on any atom is -0.480 e. The fraction of sp³-hybridized carbons (Fsp3) is 0.810. The Labute approximate surface area is 184 Å². The van der Waals surface area contributed by atoms with E-state index in [0.29, 0.717) is 0 Å². The average Bonchev–Trinajstić information content (AvgIpc) is 2.52. The topological polar surface area (TPSA) is 140 Å². The Morgan fingerprint density at radius 2 is 1.35 bits per heavy atom. The van der Waals surface area contributed by atoms with Crippen molar-refractivity contribution in [1.82, 2.24) is 10.6 Å². The third-order valence-electron chi connectivity index (χ3n) is 3.80. The summed E-state index contributed by atoms with van der Waals surface area (Å²) in [5, 5.41) is 14.2. The molecule has 0 unspecified atom stereocenters. The van der Waals surface area contributed by atoms with Gasteiger partial charge in [-0.05, 0) is 54.4 Å². The van der Waals surface area contributed by atoms with Gasteiger partial charge in [-0.25, -0.2) is 14.4 Å². The highest BCUT2D eigenvalue weighted by Gasteiger charge is 2.39. The molecule has 10 heteroatoms. The molecular formula is C21H38N2O8. The van der Waals surface area contributed by atoms with Crippen molar-refractivity contribution in [1.29, 1.82) is 0 Å². The van der Waals surface area contributed by atoms with Gasteiger partial charge in [-0.1, -0.05) is 13.8 Å². The quantitative estimate of drug-likeness (QED) is 0.458. The monoisotopic (exact) mass is 446 g/mol. The maximum atomic E-state index is 12.9. The van der Waals surface area contributed by atoms with Crippen LogP contribution in [0.25, 0.3) is 0 Å². The number of hydrogen-bond acceptors (Lipinski definition) is 7. The highest BCUT2D eigenvalue weighted by atomic mass is 16.6. The number of nitrogens with one attached hydrogen (secondary N) is 2. The van der Waals surface area contributed by atoms with Crippen LogP contribution in [0, 0.1) is 5.92 Å². The number of carboxylic acids is 1. The second-order valence-electron chi connectivity index (χ2n) is 9.72. The molecule has 0 spiro atoms. The minimum absolute atomic E-state index is 0.172. The molecule has 0 bridgehead atoms. The zero-order valence-corrected chi connectivity index (χ0v) is 20.2. The summed E-state index contributed by atoms with van der Waals surface area (Å²) in [5.41, 5.74) is -1.45. The van der Waals surface area contributed by atoms with Gasteiger partial charge in [0.05, 0.1) is 11.7 Å². The molecule has 0 aliphatic carbocycles. The molecule has 2 amide bonds. The van der Waals surface area contributed by atoms with E-state index >= 15 is 0 Å². The highest BCUT2D eigenvalue weighted by Crippen LogP contribution is 2.21. The van der Waals surface area contributed by atoms with Crippen LogP contribution in [-0.2, 0) is 28.6 Å². The van der Waals surface area contributed by atoms with Crippen LogP contribution in [-0.4, -0.2) is 64.5 Å². The van der Waals surface area contributed by atoms with Crippen LogP contribution >= 0.6 is 0 Å². The van der Waals surface area contributed by atoms with E-state index in [1.54, 1.807) is 20.8 Å². The third-order valence-corrected chi connectivity index (χ3v) is 3.80. The Morgan fingerprint density at radius 1 is 0.839 bits per heavy atom. The first-order valence-electron chi connectivity index (χ1n) is 10.2. The number of carboxylic acid groups (broad SMARTS) is 1. The van der Waals surface area contributed by atoms with Crippen molar-refractivity contribution in [2.24, 2.45) is 5.92 Å². The molecule has 0 aromatic heterocycles. The van der Waals surface area contributed by atoms with Gasteiger partial charge in [0.25, 0.3) is 0 Å². The van der Waals surface area contributed by atoms with E-state index in [4.69, 9.17) is 14.2 Å². The molecule has 0 aliphatic rings. The lowest BCUT2D eigenvalue weighted by Crippen LogP contribution is -2.56. The van der Waals surface area contributed by atoms with E-state index in [2.05, 4.69) is 10.6 Å². The Bertz CT molecular complexity index is 649. The number of carbonyl (C=O) groups is 4. The van der Waals surface area contributed by atoms with Gasteiger partial charge in [-0.2, -0.15) is 0 Å². The summed E-state index contributed by atoms with van der Waals surface area (Å²) in [6.07, 6.45) is -2.95. The lowest BCUT2D eigenvalue weighted by atomic mass is 9.97. The van der Waals surface area contributed by atoms with E-state index in [1.165, 1.54) is 13.8 Å². The molecule has 10 nitrogen and oxygen atoms in total. The lowest BCUT2D eigenvalue weighted by molar-refractivity contribution is -0.167. The van der Waals surface area contributed by atoms with Gasteiger partial charge in [0.15, 0.2) is 12.1 Å². The van der Waals surface area contributed by atoms with Crippen molar-refractivity contribution in [3.05, 3.63) is 0 Å². The van der Waals surface area contributed by atoms with Gasteiger partial charge >= 0.3 is 18.0 Å². The van der Waals surface area contributed by atoms with Gasteiger partial charge in [0.1, 0.15) is 11.7 Å². The van der Waals surface area contributed by atoms with Crippen LogP contribution in [0.3, 0.4) is 0 Å². The lowest BCUT2D eigenvalue weighted by Gasteiger charge is -2.35. The average molecular weight is 447 g/mol. The smallest absolute Gasteiger partial charge is 0.408 e. The number of alkyl carbamates (subject to hydrolysis) is 1. The Hall–Kier alpha value is -2.36. The number of amides is 2. The Kier molecular flexibility index (Phi) is 10.5. The van der Waals surface area contributed by atoms with Gasteiger partial charge in [0.2, 0.25) is 5.91 Å². The number of carbonyl (C=O) groups excluding carboxylic acids is 3. The normalized spacial score (nSPS) is 16.0. The molecule has 3 N–H and O–H groups in total. The molecule has 180 valence electrons. The second-order valence-corrected chi connectivity index (χ2v) is 9.72. The molecule has 0 saturated heterocycles.